The Labute approximate surface area is 118 Å². The maximum Gasteiger partial charge on any atom is 0.338 e. The SMILES string of the molecule is O=C(O)c1ccc(-c2c(Cl)cccc2Cl)nc1Cl. The Bertz CT molecular complexity index is 608. The lowest BCUT2D eigenvalue weighted by Crippen LogP contribution is -1.99. The summed E-state index contributed by atoms with van der Waals surface area (Å²) in [7, 11) is 0. The van der Waals surface area contributed by atoms with Crippen LogP contribution in [0.3, 0.4) is 0 Å². The predicted octanol–water partition coefficient (Wildman–Crippen LogP) is 4.41. The largest absolute Gasteiger partial charge is 0.478 e. The Hall–Kier alpha value is -1.29. The number of carboxylic acids is 1. The molecule has 1 aromatic heterocycles. The van der Waals surface area contributed by atoms with Gasteiger partial charge in [0.2, 0.25) is 0 Å². The highest BCUT2D eigenvalue weighted by Crippen LogP contribution is 2.34. The summed E-state index contributed by atoms with van der Waals surface area (Å²) in [5, 5.41) is 9.61. The number of hydrogen-bond donors (Lipinski definition) is 1. The summed E-state index contributed by atoms with van der Waals surface area (Å²) in [6, 6.07) is 7.93. The summed E-state index contributed by atoms with van der Waals surface area (Å²) in [6.45, 7) is 0. The first-order chi connectivity index (χ1) is 8.50. The molecule has 0 fully saturated rings. The summed E-state index contributed by atoms with van der Waals surface area (Å²) in [6.07, 6.45) is 0. The second kappa shape index (κ2) is 5.14. The molecular weight excluding hydrogens is 296 g/mol. The van der Waals surface area contributed by atoms with E-state index >= 15 is 0 Å². The van der Waals surface area contributed by atoms with E-state index in [-0.39, 0.29) is 10.7 Å². The molecule has 1 heterocycles. The summed E-state index contributed by atoms with van der Waals surface area (Å²) >= 11 is 17.9. The average Bonchev–Trinajstić information content (AvgIpc) is 2.28. The minimum absolute atomic E-state index is 0.0661. The van der Waals surface area contributed by atoms with Gasteiger partial charge in [0.25, 0.3) is 0 Å². The van der Waals surface area contributed by atoms with Crippen molar-refractivity contribution < 1.29 is 9.90 Å². The summed E-state index contributed by atoms with van der Waals surface area (Å²) in [5.74, 6) is -1.13. The second-order valence-electron chi connectivity index (χ2n) is 3.44. The number of aromatic nitrogens is 1. The van der Waals surface area contributed by atoms with Gasteiger partial charge in [-0.25, -0.2) is 9.78 Å². The topological polar surface area (TPSA) is 50.2 Å². The van der Waals surface area contributed by atoms with Gasteiger partial charge < -0.3 is 5.11 Å². The van der Waals surface area contributed by atoms with Crippen molar-refractivity contribution in [1.82, 2.24) is 4.98 Å². The van der Waals surface area contributed by atoms with E-state index in [4.69, 9.17) is 39.9 Å². The maximum atomic E-state index is 10.8. The lowest BCUT2D eigenvalue weighted by Gasteiger charge is -2.07. The fourth-order valence-corrected chi connectivity index (χ4v) is 2.30. The smallest absolute Gasteiger partial charge is 0.338 e. The van der Waals surface area contributed by atoms with Crippen LogP contribution in [0.15, 0.2) is 30.3 Å². The minimum Gasteiger partial charge on any atom is -0.478 e. The molecule has 0 saturated carbocycles. The molecule has 0 aliphatic carbocycles. The average molecular weight is 303 g/mol. The van der Waals surface area contributed by atoms with Crippen molar-refractivity contribution >= 4 is 40.8 Å². The van der Waals surface area contributed by atoms with Crippen LogP contribution in [0.4, 0.5) is 0 Å². The van der Waals surface area contributed by atoms with Crippen molar-refractivity contribution in [3.63, 3.8) is 0 Å². The van der Waals surface area contributed by atoms with Crippen LogP contribution in [0, 0.1) is 0 Å². The van der Waals surface area contributed by atoms with E-state index in [9.17, 15) is 4.79 Å². The molecule has 1 N–H and O–H groups in total. The molecule has 0 bridgehead atoms. The first-order valence-electron chi connectivity index (χ1n) is 4.85. The third-order valence-electron chi connectivity index (χ3n) is 2.30. The van der Waals surface area contributed by atoms with Crippen molar-refractivity contribution in [2.45, 2.75) is 0 Å². The van der Waals surface area contributed by atoms with Crippen LogP contribution in [0.1, 0.15) is 10.4 Å². The Morgan fingerprint density at radius 3 is 2.17 bits per heavy atom. The van der Waals surface area contributed by atoms with Crippen molar-refractivity contribution in [1.29, 1.82) is 0 Å². The maximum absolute atomic E-state index is 10.8. The second-order valence-corrected chi connectivity index (χ2v) is 4.61. The molecule has 2 aromatic rings. The van der Waals surface area contributed by atoms with E-state index in [2.05, 4.69) is 4.98 Å². The molecule has 2 rings (SSSR count). The number of carbonyl (C=O) groups is 1. The van der Waals surface area contributed by atoms with Crippen molar-refractivity contribution in [3.05, 3.63) is 51.1 Å². The molecule has 0 aliphatic heterocycles. The summed E-state index contributed by atoms with van der Waals surface area (Å²) in [4.78, 5) is 14.8. The molecule has 18 heavy (non-hydrogen) atoms. The zero-order valence-corrected chi connectivity index (χ0v) is 11.1. The van der Waals surface area contributed by atoms with E-state index in [1.807, 2.05) is 0 Å². The van der Waals surface area contributed by atoms with Crippen LogP contribution in [-0.2, 0) is 0 Å². The number of pyridine rings is 1. The van der Waals surface area contributed by atoms with Gasteiger partial charge in [0, 0.05) is 5.56 Å². The normalized spacial score (nSPS) is 10.4. The minimum atomic E-state index is -1.13. The molecule has 1 aromatic carbocycles. The first kappa shape index (κ1) is 13.1. The molecule has 0 amide bonds. The first-order valence-corrected chi connectivity index (χ1v) is 5.98. The Morgan fingerprint density at radius 2 is 1.67 bits per heavy atom. The Balaban J connectivity index is 2.59. The van der Waals surface area contributed by atoms with Gasteiger partial charge in [-0.3, -0.25) is 0 Å². The third-order valence-corrected chi connectivity index (χ3v) is 3.22. The molecule has 3 nitrogen and oxygen atoms in total. The molecule has 0 spiro atoms. The number of hydrogen-bond acceptors (Lipinski definition) is 2. The highest BCUT2D eigenvalue weighted by Gasteiger charge is 2.14. The highest BCUT2D eigenvalue weighted by atomic mass is 35.5. The number of halogens is 3. The van der Waals surface area contributed by atoms with Gasteiger partial charge in [-0.2, -0.15) is 0 Å². The molecule has 6 heteroatoms. The molecule has 0 aliphatic rings. The molecule has 92 valence electrons. The van der Waals surface area contributed by atoms with E-state index in [1.165, 1.54) is 12.1 Å². The summed E-state index contributed by atoms with van der Waals surface area (Å²) < 4.78 is 0. The van der Waals surface area contributed by atoms with Gasteiger partial charge in [0.05, 0.1) is 21.3 Å². The molecule has 0 radical (unpaired) electrons. The van der Waals surface area contributed by atoms with Crippen LogP contribution in [0.2, 0.25) is 15.2 Å². The number of aromatic carboxylic acids is 1. The van der Waals surface area contributed by atoms with E-state index < -0.39 is 5.97 Å². The zero-order valence-electron chi connectivity index (χ0n) is 8.82. The number of carboxylic acid groups (broad SMARTS) is 1. The van der Waals surface area contributed by atoms with E-state index in [0.717, 1.165) is 0 Å². The number of nitrogens with zero attached hydrogens (tertiary/aromatic N) is 1. The molecule has 0 atom stereocenters. The standard InChI is InChI=1S/C12H6Cl3NO2/c13-7-2-1-3-8(14)10(7)9-5-4-6(12(17)18)11(15)16-9/h1-5H,(H,17,18). The van der Waals surface area contributed by atoms with Gasteiger partial charge in [-0.15, -0.1) is 0 Å². The van der Waals surface area contributed by atoms with Crippen LogP contribution in [0.5, 0.6) is 0 Å². The lowest BCUT2D eigenvalue weighted by molar-refractivity contribution is 0.0696. The van der Waals surface area contributed by atoms with Crippen molar-refractivity contribution in [3.8, 4) is 11.3 Å². The zero-order chi connectivity index (χ0) is 13.3. The fraction of sp³-hybridized carbons (Fsp3) is 0. The van der Waals surface area contributed by atoms with Gasteiger partial charge >= 0.3 is 5.97 Å². The molecule has 0 saturated heterocycles. The van der Waals surface area contributed by atoms with Crippen LogP contribution >= 0.6 is 34.8 Å². The quantitative estimate of drug-likeness (QED) is 0.836. The van der Waals surface area contributed by atoms with E-state index in [1.54, 1.807) is 18.2 Å². The third kappa shape index (κ3) is 2.43. The van der Waals surface area contributed by atoms with Crippen LogP contribution < -0.4 is 0 Å². The number of rotatable bonds is 2. The fourth-order valence-electron chi connectivity index (χ4n) is 1.48. The Morgan fingerprint density at radius 1 is 1.06 bits per heavy atom. The van der Waals surface area contributed by atoms with Gasteiger partial charge in [0.15, 0.2) is 0 Å². The van der Waals surface area contributed by atoms with Gasteiger partial charge in [-0.05, 0) is 24.3 Å². The van der Waals surface area contributed by atoms with Crippen molar-refractivity contribution in [2.75, 3.05) is 0 Å². The molecular formula is C12H6Cl3NO2. The monoisotopic (exact) mass is 301 g/mol. The van der Waals surface area contributed by atoms with Gasteiger partial charge in [0.1, 0.15) is 5.15 Å². The lowest BCUT2D eigenvalue weighted by atomic mass is 10.1. The number of benzene rings is 1. The highest BCUT2D eigenvalue weighted by molar-refractivity contribution is 6.39. The molecule has 0 unspecified atom stereocenters. The summed E-state index contributed by atoms with van der Waals surface area (Å²) in [5.41, 5.74) is 0.892. The van der Waals surface area contributed by atoms with Gasteiger partial charge in [-0.1, -0.05) is 40.9 Å². The van der Waals surface area contributed by atoms with Crippen LogP contribution in [0.25, 0.3) is 11.3 Å². The van der Waals surface area contributed by atoms with Crippen LogP contribution in [-0.4, -0.2) is 16.1 Å². The Kier molecular flexibility index (Phi) is 3.76. The van der Waals surface area contributed by atoms with Crippen molar-refractivity contribution in [2.24, 2.45) is 0 Å². The predicted molar refractivity (Wildman–Crippen MR) is 71.7 cm³/mol. The van der Waals surface area contributed by atoms with E-state index in [0.29, 0.717) is 21.3 Å².